The number of rotatable bonds is 2. The van der Waals surface area contributed by atoms with Crippen LogP contribution in [0.25, 0.3) is 33.1 Å². The number of nitrogens with zero attached hydrogens (tertiary/aromatic N) is 1. The molecule has 0 fully saturated rings. The molecule has 5 rings (SSSR count). The van der Waals surface area contributed by atoms with Crippen molar-refractivity contribution in [2.45, 2.75) is 41.0 Å². The van der Waals surface area contributed by atoms with Gasteiger partial charge in [-0.1, -0.05) is 26.0 Å². The van der Waals surface area contributed by atoms with E-state index in [1.165, 1.54) is 38.6 Å². The van der Waals surface area contributed by atoms with Crippen molar-refractivity contribution in [2.75, 3.05) is 0 Å². The van der Waals surface area contributed by atoms with E-state index in [0.29, 0.717) is 5.92 Å². The lowest BCUT2D eigenvalue weighted by atomic mass is 9.88. The molecule has 2 aromatic heterocycles. The van der Waals surface area contributed by atoms with E-state index in [2.05, 4.69) is 70.5 Å². The van der Waals surface area contributed by atoms with Crippen molar-refractivity contribution < 1.29 is 13.7 Å². The molecule has 3 nitrogen and oxygen atoms in total. The summed E-state index contributed by atoms with van der Waals surface area (Å²) in [4.78, 5) is 0. The van der Waals surface area contributed by atoms with Gasteiger partial charge in [0.05, 0.1) is 17.4 Å². The molecule has 0 atom stereocenters. The van der Waals surface area contributed by atoms with Gasteiger partial charge in [-0.15, -0.1) is 0 Å². The van der Waals surface area contributed by atoms with E-state index in [0.717, 1.165) is 34.7 Å². The fourth-order valence-electron chi connectivity index (χ4n) is 4.67. The standard InChI is InChI=1S/C25H26NO2/c1-13(2)9-18-24-19(7-8-27-24)26(6)23-21-16(5)15(4)12-17-10-14(3)11-20(22(17)21)28-25(18)23/h7-8,10-13H,9H2,1-6H3/q+1. The van der Waals surface area contributed by atoms with E-state index >= 15 is 0 Å². The molecule has 0 amide bonds. The third-order valence-electron chi connectivity index (χ3n) is 6.03. The summed E-state index contributed by atoms with van der Waals surface area (Å²) in [5.74, 6) is 2.41. The molecule has 1 aliphatic heterocycles. The first-order valence-electron chi connectivity index (χ1n) is 10.0. The van der Waals surface area contributed by atoms with Crippen LogP contribution in [0.15, 0.2) is 34.9 Å². The van der Waals surface area contributed by atoms with Gasteiger partial charge in [0, 0.05) is 11.5 Å². The van der Waals surface area contributed by atoms with Gasteiger partial charge in [-0.05, 0) is 61.3 Å². The van der Waals surface area contributed by atoms with Gasteiger partial charge in [-0.3, -0.25) is 0 Å². The molecule has 0 saturated carbocycles. The zero-order valence-corrected chi connectivity index (χ0v) is 17.4. The van der Waals surface area contributed by atoms with Crippen LogP contribution < -0.4 is 9.30 Å². The summed E-state index contributed by atoms with van der Waals surface area (Å²) in [6.45, 7) is 11.0. The molecule has 142 valence electrons. The summed E-state index contributed by atoms with van der Waals surface area (Å²) < 4.78 is 14.8. The Balaban J connectivity index is 2.00. The predicted octanol–water partition coefficient (Wildman–Crippen LogP) is 6.31. The van der Waals surface area contributed by atoms with Crippen molar-refractivity contribution in [3.63, 3.8) is 0 Å². The van der Waals surface area contributed by atoms with Gasteiger partial charge in [0.2, 0.25) is 11.3 Å². The minimum Gasteiger partial charge on any atom is -0.457 e. The Bertz CT molecular complexity index is 1280. The summed E-state index contributed by atoms with van der Waals surface area (Å²) >= 11 is 0. The van der Waals surface area contributed by atoms with Crippen molar-refractivity contribution >= 4 is 21.9 Å². The fourth-order valence-corrected chi connectivity index (χ4v) is 4.67. The number of benzene rings is 2. The van der Waals surface area contributed by atoms with Crippen LogP contribution in [0.5, 0.6) is 11.5 Å². The molecule has 0 bridgehead atoms. The lowest BCUT2D eigenvalue weighted by Gasteiger charge is -2.24. The second kappa shape index (κ2) is 5.84. The van der Waals surface area contributed by atoms with Crippen molar-refractivity contribution in [2.24, 2.45) is 13.0 Å². The molecular formula is C25H26NO2+. The van der Waals surface area contributed by atoms with Crippen LogP contribution in [0, 0.1) is 26.7 Å². The first-order valence-corrected chi connectivity index (χ1v) is 10.0. The van der Waals surface area contributed by atoms with E-state index in [1.807, 2.05) is 0 Å². The highest BCUT2D eigenvalue weighted by molar-refractivity contribution is 6.05. The molecule has 28 heavy (non-hydrogen) atoms. The second-order valence-corrected chi connectivity index (χ2v) is 8.60. The van der Waals surface area contributed by atoms with Gasteiger partial charge in [-0.25, -0.2) is 0 Å². The van der Waals surface area contributed by atoms with Crippen LogP contribution in [-0.4, -0.2) is 0 Å². The Morgan fingerprint density at radius 3 is 2.61 bits per heavy atom. The summed E-state index contributed by atoms with van der Waals surface area (Å²) in [5, 5.41) is 2.46. The fraction of sp³-hybridized carbons (Fsp3) is 0.320. The van der Waals surface area contributed by atoms with Crippen LogP contribution in [0.1, 0.15) is 36.1 Å². The monoisotopic (exact) mass is 372 g/mol. The first kappa shape index (κ1) is 17.3. The number of hydrogen-bond donors (Lipinski definition) is 0. The van der Waals surface area contributed by atoms with Crippen LogP contribution in [0.2, 0.25) is 0 Å². The molecule has 1 aliphatic rings. The average Bonchev–Trinajstić information content (AvgIpc) is 3.11. The highest BCUT2D eigenvalue weighted by Crippen LogP contribution is 2.50. The van der Waals surface area contributed by atoms with Gasteiger partial charge < -0.3 is 9.15 Å². The Kier molecular flexibility index (Phi) is 3.61. The van der Waals surface area contributed by atoms with Gasteiger partial charge in [0.25, 0.3) is 11.2 Å². The molecule has 0 unspecified atom stereocenters. The number of aromatic nitrogens is 1. The molecule has 0 saturated heterocycles. The van der Waals surface area contributed by atoms with Crippen molar-refractivity contribution in [1.82, 2.24) is 0 Å². The number of ether oxygens (including phenoxy) is 1. The van der Waals surface area contributed by atoms with E-state index in [1.54, 1.807) is 6.26 Å². The minimum atomic E-state index is 0.506. The molecule has 0 N–H and O–H groups in total. The van der Waals surface area contributed by atoms with Gasteiger partial charge >= 0.3 is 0 Å². The topological polar surface area (TPSA) is 26.2 Å². The number of pyridine rings is 1. The maximum atomic E-state index is 6.63. The average molecular weight is 372 g/mol. The van der Waals surface area contributed by atoms with Crippen molar-refractivity contribution in [3.8, 4) is 22.8 Å². The zero-order chi connectivity index (χ0) is 19.7. The molecule has 4 aromatic rings. The number of fused-ring (bicyclic) bond motifs is 3. The maximum absolute atomic E-state index is 6.63. The predicted molar refractivity (Wildman–Crippen MR) is 113 cm³/mol. The molecule has 0 radical (unpaired) electrons. The van der Waals surface area contributed by atoms with E-state index < -0.39 is 0 Å². The smallest absolute Gasteiger partial charge is 0.257 e. The first-order chi connectivity index (χ1) is 13.4. The largest absolute Gasteiger partial charge is 0.457 e. The lowest BCUT2D eigenvalue weighted by molar-refractivity contribution is -0.633. The summed E-state index contributed by atoms with van der Waals surface area (Å²) in [6, 6.07) is 8.76. The SMILES string of the molecule is Cc1cc2c3c(c(C)c(C)cc3c1)-c1c(c(CC(C)C)c3occc3[n+]1C)O2. The van der Waals surface area contributed by atoms with Crippen molar-refractivity contribution in [1.29, 1.82) is 0 Å². The minimum absolute atomic E-state index is 0.506. The molecule has 3 heteroatoms. The number of aryl methyl sites for hydroxylation is 3. The lowest BCUT2D eigenvalue weighted by Crippen LogP contribution is -2.34. The third kappa shape index (κ3) is 2.25. The number of hydrogen-bond acceptors (Lipinski definition) is 2. The highest BCUT2D eigenvalue weighted by Gasteiger charge is 2.35. The second-order valence-electron chi connectivity index (χ2n) is 8.60. The Hall–Kier alpha value is -2.81. The Morgan fingerprint density at radius 1 is 1.07 bits per heavy atom. The molecule has 0 aliphatic carbocycles. The van der Waals surface area contributed by atoms with Crippen molar-refractivity contribution in [3.05, 3.63) is 52.8 Å². The van der Waals surface area contributed by atoms with Crippen LogP contribution in [-0.2, 0) is 13.5 Å². The van der Waals surface area contributed by atoms with Gasteiger partial charge in [0.1, 0.15) is 12.8 Å². The molecule has 2 aromatic carbocycles. The maximum Gasteiger partial charge on any atom is 0.257 e. The van der Waals surface area contributed by atoms with Gasteiger partial charge in [0.15, 0.2) is 0 Å². The normalized spacial score (nSPS) is 12.7. The highest BCUT2D eigenvalue weighted by atomic mass is 16.5. The summed E-state index contributed by atoms with van der Waals surface area (Å²) in [6.07, 6.45) is 2.71. The Labute approximate surface area is 165 Å². The van der Waals surface area contributed by atoms with E-state index in [4.69, 9.17) is 9.15 Å². The summed E-state index contributed by atoms with van der Waals surface area (Å²) in [5.41, 5.74) is 9.52. The Morgan fingerprint density at radius 2 is 1.86 bits per heavy atom. The van der Waals surface area contributed by atoms with E-state index in [-0.39, 0.29) is 0 Å². The van der Waals surface area contributed by atoms with Crippen LogP contribution in [0.3, 0.4) is 0 Å². The van der Waals surface area contributed by atoms with E-state index in [9.17, 15) is 0 Å². The van der Waals surface area contributed by atoms with Crippen LogP contribution in [0.4, 0.5) is 0 Å². The zero-order valence-electron chi connectivity index (χ0n) is 17.4. The quantitative estimate of drug-likeness (QED) is 0.340. The number of furan rings is 1. The van der Waals surface area contributed by atoms with Gasteiger partial charge in [-0.2, -0.15) is 4.57 Å². The molecule has 3 heterocycles. The summed E-state index contributed by atoms with van der Waals surface area (Å²) in [7, 11) is 2.12. The third-order valence-corrected chi connectivity index (χ3v) is 6.03. The van der Waals surface area contributed by atoms with Crippen LogP contribution >= 0.6 is 0 Å². The molecular weight excluding hydrogens is 346 g/mol. The molecule has 0 spiro atoms.